The van der Waals surface area contributed by atoms with Gasteiger partial charge in [-0.3, -0.25) is 0 Å². The first-order valence-electron chi connectivity index (χ1n) is 10.2. The molecule has 0 amide bonds. The third-order valence-electron chi connectivity index (χ3n) is 4.96. The van der Waals surface area contributed by atoms with Gasteiger partial charge in [-0.25, -0.2) is 8.78 Å². The van der Waals surface area contributed by atoms with Crippen LogP contribution in [0.2, 0.25) is 0 Å². The Morgan fingerprint density at radius 1 is 0.548 bits per heavy atom. The number of benzene rings is 4. The van der Waals surface area contributed by atoms with Gasteiger partial charge < -0.3 is 0 Å². The summed E-state index contributed by atoms with van der Waals surface area (Å²) in [7, 11) is 0. The number of hydrogen-bond donors (Lipinski definition) is 0. The highest BCUT2D eigenvalue weighted by Gasteiger charge is 2.04. The van der Waals surface area contributed by atoms with Gasteiger partial charge in [-0.2, -0.15) is 0 Å². The van der Waals surface area contributed by atoms with Crippen LogP contribution in [0.1, 0.15) is 41.2 Å². The lowest BCUT2D eigenvalue weighted by Crippen LogP contribution is -1.85. The largest absolute Gasteiger partial charge is 0.204 e. The fraction of sp³-hybridized carbons (Fsp3) is 0.103. The van der Waals surface area contributed by atoms with Crippen LogP contribution in [0, 0.1) is 35.3 Å². The molecule has 0 aliphatic carbocycles. The molecule has 0 bridgehead atoms. The Morgan fingerprint density at radius 2 is 1.00 bits per heavy atom. The zero-order valence-corrected chi connectivity index (χ0v) is 17.2. The van der Waals surface area contributed by atoms with E-state index in [0.29, 0.717) is 10.8 Å². The van der Waals surface area contributed by atoms with Gasteiger partial charge in [0.1, 0.15) is 0 Å². The van der Waals surface area contributed by atoms with E-state index in [1.807, 2.05) is 24.3 Å². The predicted octanol–water partition coefficient (Wildman–Crippen LogP) is 6.87. The number of hydrogen-bond acceptors (Lipinski definition) is 0. The summed E-state index contributed by atoms with van der Waals surface area (Å²) in [5.41, 5.74) is 4.86. The molecule has 0 unspecified atom stereocenters. The van der Waals surface area contributed by atoms with Gasteiger partial charge >= 0.3 is 0 Å². The van der Waals surface area contributed by atoms with E-state index in [1.165, 1.54) is 17.7 Å². The van der Waals surface area contributed by atoms with Gasteiger partial charge in [0.15, 0.2) is 11.6 Å². The van der Waals surface area contributed by atoms with Crippen LogP contribution in [-0.2, 0) is 6.42 Å². The van der Waals surface area contributed by atoms with E-state index in [0.717, 1.165) is 35.1 Å². The topological polar surface area (TPSA) is 0 Å². The summed E-state index contributed by atoms with van der Waals surface area (Å²) in [5, 5.41) is 1.27. The van der Waals surface area contributed by atoms with E-state index in [-0.39, 0.29) is 0 Å². The molecule has 4 rings (SSSR count). The lowest BCUT2D eigenvalue weighted by molar-refractivity contribution is 0.511. The number of halogens is 2. The standard InChI is InChI=1S/C29H20F2/c1-2-3-21-4-6-22(7-5-21)8-9-23-10-12-24(13-11-23)14-15-25-16-17-26-19-28(30)29(31)20-27(26)18-25/h4-7,10-13,16-20H,2-3H2,1H3. The van der Waals surface area contributed by atoms with Crippen LogP contribution in [0.5, 0.6) is 0 Å². The summed E-state index contributed by atoms with van der Waals surface area (Å²) >= 11 is 0. The van der Waals surface area contributed by atoms with Gasteiger partial charge in [0.2, 0.25) is 0 Å². The molecule has 4 aromatic carbocycles. The maximum absolute atomic E-state index is 13.5. The summed E-state index contributed by atoms with van der Waals surface area (Å²) in [5.74, 6) is 10.9. The molecule has 0 fully saturated rings. The van der Waals surface area contributed by atoms with Crippen LogP contribution in [0.25, 0.3) is 10.8 Å². The Kier molecular flexibility index (Phi) is 6.11. The molecule has 4 aromatic rings. The normalized spacial score (nSPS) is 10.2. The Hall–Kier alpha value is -3.88. The molecule has 0 aliphatic rings. The molecule has 0 aliphatic heterocycles. The van der Waals surface area contributed by atoms with Crippen LogP contribution < -0.4 is 0 Å². The van der Waals surface area contributed by atoms with Crippen LogP contribution in [0.3, 0.4) is 0 Å². The molecular weight excluding hydrogens is 386 g/mol. The van der Waals surface area contributed by atoms with Gasteiger partial charge in [0, 0.05) is 22.3 Å². The van der Waals surface area contributed by atoms with E-state index in [9.17, 15) is 8.78 Å². The molecule has 2 heteroatoms. The van der Waals surface area contributed by atoms with E-state index in [2.05, 4.69) is 54.9 Å². The SMILES string of the molecule is CCCc1ccc(C#Cc2ccc(C#Cc3ccc4cc(F)c(F)cc4c3)cc2)cc1. The van der Waals surface area contributed by atoms with Crippen molar-refractivity contribution in [1.29, 1.82) is 0 Å². The highest BCUT2D eigenvalue weighted by molar-refractivity contribution is 5.84. The molecule has 0 saturated heterocycles. The second kappa shape index (κ2) is 9.29. The van der Waals surface area contributed by atoms with Crippen LogP contribution >= 0.6 is 0 Å². The fourth-order valence-corrected chi connectivity index (χ4v) is 3.29. The first-order chi connectivity index (χ1) is 15.1. The Bertz CT molecular complexity index is 1340. The Labute approximate surface area is 181 Å². The predicted molar refractivity (Wildman–Crippen MR) is 123 cm³/mol. The second-order valence-electron chi connectivity index (χ2n) is 7.35. The summed E-state index contributed by atoms with van der Waals surface area (Å²) in [6.45, 7) is 2.17. The van der Waals surface area contributed by atoms with Crippen LogP contribution in [0.15, 0.2) is 78.9 Å². The van der Waals surface area contributed by atoms with Gasteiger partial charge in [-0.1, -0.05) is 55.2 Å². The first kappa shape index (κ1) is 20.4. The van der Waals surface area contributed by atoms with Gasteiger partial charge in [-0.15, -0.1) is 0 Å². The average Bonchev–Trinajstić information content (AvgIpc) is 2.79. The van der Waals surface area contributed by atoms with Gasteiger partial charge in [-0.05, 0) is 83.4 Å². The monoisotopic (exact) mass is 406 g/mol. The van der Waals surface area contributed by atoms with Crippen molar-refractivity contribution in [3.8, 4) is 23.7 Å². The maximum atomic E-state index is 13.5. The van der Waals surface area contributed by atoms with Crippen molar-refractivity contribution in [1.82, 2.24) is 0 Å². The van der Waals surface area contributed by atoms with Crippen molar-refractivity contribution in [3.63, 3.8) is 0 Å². The van der Waals surface area contributed by atoms with Crippen LogP contribution in [0.4, 0.5) is 8.78 Å². The smallest absolute Gasteiger partial charge is 0.159 e. The molecule has 0 atom stereocenters. The highest BCUT2D eigenvalue weighted by atomic mass is 19.2. The zero-order chi connectivity index (χ0) is 21.6. The molecule has 0 nitrogen and oxygen atoms in total. The molecule has 0 heterocycles. The summed E-state index contributed by atoms with van der Waals surface area (Å²) in [6, 6.07) is 23.8. The second-order valence-corrected chi connectivity index (χ2v) is 7.35. The number of rotatable bonds is 2. The quantitative estimate of drug-likeness (QED) is 0.319. The third kappa shape index (κ3) is 5.19. The van der Waals surface area contributed by atoms with E-state index < -0.39 is 11.6 Å². The van der Waals surface area contributed by atoms with Crippen molar-refractivity contribution >= 4 is 10.8 Å². The van der Waals surface area contributed by atoms with Crippen molar-refractivity contribution in [3.05, 3.63) is 118 Å². The van der Waals surface area contributed by atoms with Crippen molar-refractivity contribution in [2.45, 2.75) is 19.8 Å². The van der Waals surface area contributed by atoms with E-state index >= 15 is 0 Å². The number of fused-ring (bicyclic) bond motifs is 1. The molecular formula is C29H20F2. The summed E-state index contributed by atoms with van der Waals surface area (Å²) in [4.78, 5) is 0. The fourth-order valence-electron chi connectivity index (χ4n) is 3.29. The third-order valence-corrected chi connectivity index (χ3v) is 4.96. The van der Waals surface area contributed by atoms with Gasteiger partial charge in [0.25, 0.3) is 0 Å². The summed E-state index contributed by atoms with van der Waals surface area (Å²) < 4.78 is 26.8. The lowest BCUT2D eigenvalue weighted by atomic mass is 10.1. The molecule has 0 spiro atoms. The molecule has 0 aromatic heterocycles. The molecule has 150 valence electrons. The molecule has 0 radical (unpaired) electrons. The minimum atomic E-state index is -0.855. The highest BCUT2D eigenvalue weighted by Crippen LogP contribution is 2.19. The van der Waals surface area contributed by atoms with Crippen molar-refractivity contribution in [2.75, 3.05) is 0 Å². The lowest BCUT2D eigenvalue weighted by Gasteiger charge is -2.00. The average molecular weight is 406 g/mol. The molecule has 0 saturated carbocycles. The number of aryl methyl sites for hydroxylation is 1. The molecule has 31 heavy (non-hydrogen) atoms. The Morgan fingerprint density at radius 3 is 1.55 bits per heavy atom. The zero-order valence-electron chi connectivity index (χ0n) is 17.2. The van der Waals surface area contributed by atoms with E-state index in [4.69, 9.17) is 0 Å². The molecule has 0 N–H and O–H groups in total. The van der Waals surface area contributed by atoms with Crippen LogP contribution in [-0.4, -0.2) is 0 Å². The van der Waals surface area contributed by atoms with Crippen molar-refractivity contribution < 1.29 is 8.78 Å². The van der Waals surface area contributed by atoms with E-state index in [1.54, 1.807) is 18.2 Å². The first-order valence-corrected chi connectivity index (χ1v) is 10.2. The maximum Gasteiger partial charge on any atom is 0.159 e. The minimum Gasteiger partial charge on any atom is -0.204 e. The minimum absolute atomic E-state index is 0.624. The Balaban J connectivity index is 1.48. The van der Waals surface area contributed by atoms with Crippen molar-refractivity contribution in [2.24, 2.45) is 0 Å². The summed E-state index contributed by atoms with van der Waals surface area (Å²) in [6.07, 6.45) is 2.23. The van der Waals surface area contributed by atoms with Gasteiger partial charge in [0.05, 0.1) is 0 Å².